The van der Waals surface area contributed by atoms with Gasteiger partial charge in [0.05, 0.1) is 11.7 Å². The Labute approximate surface area is 149 Å². The highest BCUT2D eigenvalue weighted by Crippen LogP contribution is 2.40. The first-order valence-electron chi connectivity index (χ1n) is 8.89. The van der Waals surface area contributed by atoms with Crippen molar-refractivity contribution in [3.05, 3.63) is 42.0 Å². The third-order valence-electron chi connectivity index (χ3n) is 4.55. The Morgan fingerprint density at radius 3 is 2.72 bits per heavy atom. The molecule has 1 aliphatic rings. The molecule has 0 bridgehead atoms. The molecule has 3 rings (SSSR count). The van der Waals surface area contributed by atoms with Gasteiger partial charge in [-0.2, -0.15) is 0 Å². The van der Waals surface area contributed by atoms with Gasteiger partial charge in [0.1, 0.15) is 0 Å². The number of carbonyl (C=O) groups excluding carboxylic acids is 1. The van der Waals surface area contributed by atoms with Crippen LogP contribution >= 0.6 is 0 Å². The van der Waals surface area contributed by atoms with Crippen LogP contribution in [0.15, 0.2) is 30.7 Å². The monoisotopic (exact) mass is 338 g/mol. The maximum Gasteiger partial charge on any atom is 0.220 e. The Balaban J connectivity index is 1.91. The Morgan fingerprint density at radius 2 is 2.04 bits per heavy atom. The lowest BCUT2D eigenvalue weighted by atomic mass is 9.74. The molecule has 132 valence electrons. The summed E-state index contributed by atoms with van der Waals surface area (Å²) in [5, 5.41) is 3.19. The van der Waals surface area contributed by atoms with E-state index in [1.165, 1.54) is 0 Å². The van der Waals surface area contributed by atoms with Gasteiger partial charge in [-0.05, 0) is 36.3 Å². The molecule has 1 amide bonds. The molecular formula is C20H26N4O. The molecule has 5 nitrogen and oxygen atoms in total. The molecule has 2 aromatic rings. The number of carbonyl (C=O) groups is 1. The van der Waals surface area contributed by atoms with Crippen LogP contribution < -0.4 is 5.32 Å². The normalized spacial score (nSPS) is 18.7. The van der Waals surface area contributed by atoms with Crippen LogP contribution in [-0.4, -0.2) is 20.9 Å². The fourth-order valence-electron chi connectivity index (χ4n) is 3.44. The van der Waals surface area contributed by atoms with Gasteiger partial charge < -0.3 is 5.32 Å². The zero-order chi connectivity index (χ0) is 18.0. The van der Waals surface area contributed by atoms with Gasteiger partial charge in [-0.1, -0.05) is 27.7 Å². The molecule has 2 aromatic heterocycles. The van der Waals surface area contributed by atoms with E-state index < -0.39 is 0 Å². The molecule has 0 fully saturated rings. The topological polar surface area (TPSA) is 67.8 Å². The molecule has 0 saturated carbocycles. The maximum absolute atomic E-state index is 12.3. The Hall–Kier alpha value is -2.30. The van der Waals surface area contributed by atoms with E-state index in [0.29, 0.717) is 18.2 Å². The molecule has 5 heteroatoms. The summed E-state index contributed by atoms with van der Waals surface area (Å²) < 4.78 is 0. The van der Waals surface area contributed by atoms with Crippen LogP contribution in [0.3, 0.4) is 0 Å². The van der Waals surface area contributed by atoms with Gasteiger partial charge in [-0.15, -0.1) is 0 Å². The molecule has 0 aliphatic heterocycles. The molecule has 25 heavy (non-hydrogen) atoms. The lowest BCUT2D eigenvalue weighted by molar-refractivity contribution is -0.122. The fraction of sp³-hybridized carbons (Fsp3) is 0.500. The summed E-state index contributed by atoms with van der Waals surface area (Å²) in [6.07, 6.45) is 7.71. The van der Waals surface area contributed by atoms with Crippen LogP contribution in [-0.2, 0) is 11.2 Å². The molecule has 1 atom stereocenters. The number of fused-ring (bicyclic) bond motifs is 1. The summed E-state index contributed by atoms with van der Waals surface area (Å²) in [6, 6.07) is 3.81. The predicted molar refractivity (Wildman–Crippen MR) is 97.7 cm³/mol. The van der Waals surface area contributed by atoms with Gasteiger partial charge in [-0.3, -0.25) is 9.78 Å². The quantitative estimate of drug-likeness (QED) is 0.922. The third-order valence-corrected chi connectivity index (χ3v) is 4.55. The standard InChI is InChI=1S/C20H26N4O/c1-13(2)9-18(25)23-16-10-20(3,4)11-17-15(16)12-22-19(24-17)14-5-7-21-8-6-14/h5-8,12-13,16H,9-11H2,1-4H3,(H,23,25)/t16-/m1/s1. The number of hydrogen-bond acceptors (Lipinski definition) is 4. The van der Waals surface area contributed by atoms with Gasteiger partial charge in [0.2, 0.25) is 5.91 Å². The minimum absolute atomic E-state index is 0.0171. The second-order valence-corrected chi connectivity index (χ2v) is 8.09. The molecule has 2 heterocycles. The number of nitrogens with one attached hydrogen (secondary N) is 1. The second-order valence-electron chi connectivity index (χ2n) is 8.09. The number of rotatable bonds is 4. The SMILES string of the molecule is CC(C)CC(=O)N[C@@H]1CC(C)(C)Cc2nc(-c3ccncc3)ncc21. The lowest BCUT2D eigenvalue weighted by Gasteiger charge is -2.36. The summed E-state index contributed by atoms with van der Waals surface area (Å²) in [6.45, 7) is 8.57. The number of hydrogen-bond donors (Lipinski definition) is 1. The van der Waals surface area contributed by atoms with Crippen molar-refractivity contribution in [2.24, 2.45) is 11.3 Å². The smallest absolute Gasteiger partial charge is 0.220 e. The predicted octanol–water partition coefficient (Wildman–Crippen LogP) is 3.71. The average molecular weight is 338 g/mol. The van der Waals surface area contributed by atoms with E-state index in [9.17, 15) is 4.79 Å². The highest BCUT2D eigenvalue weighted by atomic mass is 16.1. The third kappa shape index (κ3) is 4.21. The first-order chi connectivity index (χ1) is 11.8. The van der Waals surface area contributed by atoms with E-state index in [4.69, 9.17) is 4.98 Å². The largest absolute Gasteiger partial charge is 0.349 e. The minimum atomic E-state index is -0.0171. The number of amides is 1. The first kappa shape index (κ1) is 17.5. The van der Waals surface area contributed by atoms with Crippen molar-refractivity contribution >= 4 is 5.91 Å². The summed E-state index contributed by atoms with van der Waals surface area (Å²) in [7, 11) is 0. The molecule has 0 radical (unpaired) electrons. The van der Waals surface area contributed by atoms with Crippen molar-refractivity contribution < 1.29 is 4.79 Å². The Bertz CT molecular complexity index is 756. The summed E-state index contributed by atoms with van der Waals surface area (Å²) in [5.74, 6) is 1.16. The summed E-state index contributed by atoms with van der Waals surface area (Å²) in [5.41, 5.74) is 3.14. The van der Waals surface area contributed by atoms with Crippen LogP contribution in [0.4, 0.5) is 0 Å². The van der Waals surface area contributed by atoms with E-state index in [2.05, 4.69) is 43.0 Å². The van der Waals surface area contributed by atoms with Gasteiger partial charge in [0, 0.05) is 36.1 Å². The molecule has 1 aliphatic carbocycles. The van der Waals surface area contributed by atoms with Crippen molar-refractivity contribution in [3.8, 4) is 11.4 Å². The number of pyridine rings is 1. The van der Waals surface area contributed by atoms with Crippen molar-refractivity contribution in [1.29, 1.82) is 0 Å². The maximum atomic E-state index is 12.3. The van der Waals surface area contributed by atoms with Crippen LogP contribution in [0, 0.1) is 11.3 Å². The van der Waals surface area contributed by atoms with E-state index in [-0.39, 0.29) is 17.4 Å². The van der Waals surface area contributed by atoms with Crippen molar-refractivity contribution in [1.82, 2.24) is 20.3 Å². The van der Waals surface area contributed by atoms with E-state index in [1.54, 1.807) is 12.4 Å². The summed E-state index contributed by atoms with van der Waals surface area (Å²) in [4.78, 5) is 25.7. The first-order valence-corrected chi connectivity index (χ1v) is 8.89. The molecule has 1 N–H and O–H groups in total. The lowest BCUT2D eigenvalue weighted by Crippen LogP contribution is -2.37. The molecule has 0 saturated heterocycles. The van der Waals surface area contributed by atoms with Gasteiger partial charge in [0.15, 0.2) is 5.82 Å². The molecular weight excluding hydrogens is 312 g/mol. The van der Waals surface area contributed by atoms with Crippen LogP contribution in [0.5, 0.6) is 0 Å². The molecule has 0 spiro atoms. The van der Waals surface area contributed by atoms with Crippen molar-refractivity contribution in [3.63, 3.8) is 0 Å². The fourth-order valence-corrected chi connectivity index (χ4v) is 3.44. The minimum Gasteiger partial charge on any atom is -0.349 e. The summed E-state index contributed by atoms with van der Waals surface area (Å²) >= 11 is 0. The average Bonchev–Trinajstić information content (AvgIpc) is 2.53. The van der Waals surface area contributed by atoms with Gasteiger partial charge in [-0.25, -0.2) is 9.97 Å². The van der Waals surface area contributed by atoms with E-state index in [1.807, 2.05) is 18.3 Å². The van der Waals surface area contributed by atoms with Crippen molar-refractivity contribution in [2.75, 3.05) is 0 Å². The molecule has 0 unspecified atom stereocenters. The van der Waals surface area contributed by atoms with Crippen molar-refractivity contribution in [2.45, 2.75) is 53.0 Å². The van der Waals surface area contributed by atoms with Crippen LogP contribution in [0.2, 0.25) is 0 Å². The van der Waals surface area contributed by atoms with Gasteiger partial charge in [0.25, 0.3) is 0 Å². The highest BCUT2D eigenvalue weighted by Gasteiger charge is 2.34. The zero-order valence-electron chi connectivity index (χ0n) is 15.4. The number of aromatic nitrogens is 3. The van der Waals surface area contributed by atoms with E-state index >= 15 is 0 Å². The van der Waals surface area contributed by atoms with Gasteiger partial charge >= 0.3 is 0 Å². The Kier molecular flexibility index (Phi) is 4.84. The van der Waals surface area contributed by atoms with E-state index in [0.717, 1.165) is 29.7 Å². The number of nitrogens with zero attached hydrogens (tertiary/aromatic N) is 3. The Morgan fingerprint density at radius 1 is 1.32 bits per heavy atom. The second kappa shape index (κ2) is 6.90. The van der Waals surface area contributed by atoms with Crippen LogP contribution in [0.25, 0.3) is 11.4 Å². The zero-order valence-corrected chi connectivity index (χ0v) is 15.4. The van der Waals surface area contributed by atoms with Crippen LogP contribution in [0.1, 0.15) is 57.8 Å². The molecule has 0 aromatic carbocycles. The highest BCUT2D eigenvalue weighted by molar-refractivity contribution is 5.76.